The molecule has 0 spiro atoms. The molecule has 1 amide bonds. The van der Waals surface area contributed by atoms with Crippen molar-refractivity contribution >= 4 is 6.09 Å². The minimum atomic E-state index is -1.26. The zero-order valence-corrected chi connectivity index (χ0v) is 13.0. The average Bonchev–Trinajstić information content (AvgIpc) is 2.40. The van der Waals surface area contributed by atoms with E-state index in [1.54, 1.807) is 20.8 Å². The van der Waals surface area contributed by atoms with Crippen molar-refractivity contribution in [2.24, 2.45) is 0 Å². The molecule has 0 saturated carbocycles. The first-order valence-corrected chi connectivity index (χ1v) is 7.27. The number of carbonyl (C=O) groups is 1. The molecular formula is C16H21F2NO3. The minimum Gasteiger partial charge on any atom is -0.444 e. The Balaban J connectivity index is 2.04. The summed E-state index contributed by atoms with van der Waals surface area (Å²) in [6.07, 6.45) is 0.0640. The molecule has 0 bridgehead atoms. The molecule has 4 nitrogen and oxygen atoms in total. The van der Waals surface area contributed by atoms with Crippen molar-refractivity contribution in [3.63, 3.8) is 0 Å². The summed E-state index contributed by atoms with van der Waals surface area (Å²) in [6, 6.07) is 3.39. The monoisotopic (exact) mass is 313 g/mol. The SMILES string of the molecule is CC(C)(C)OC(=O)N1CCC(O)(c2ccc(F)c(F)c2)CC1. The van der Waals surface area contributed by atoms with E-state index in [9.17, 15) is 18.7 Å². The normalized spacial score (nSPS) is 18.2. The van der Waals surface area contributed by atoms with Crippen molar-refractivity contribution in [3.05, 3.63) is 35.4 Å². The fourth-order valence-electron chi connectivity index (χ4n) is 2.46. The number of benzene rings is 1. The van der Waals surface area contributed by atoms with Crippen LogP contribution in [0.25, 0.3) is 0 Å². The number of nitrogens with zero attached hydrogens (tertiary/aromatic N) is 1. The van der Waals surface area contributed by atoms with Gasteiger partial charge in [-0.2, -0.15) is 0 Å². The lowest BCUT2D eigenvalue weighted by Gasteiger charge is -2.38. The summed E-state index contributed by atoms with van der Waals surface area (Å²) in [4.78, 5) is 13.5. The average molecular weight is 313 g/mol. The van der Waals surface area contributed by atoms with Crippen LogP contribution in [-0.4, -0.2) is 34.8 Å². The first kappa shape index (κ1) is 16.7. The molecule has 0 aliphatic carbocycles. The fourth-order valence-corrected chi connectivity index (χ4v) is 2.46. The molecule has 22 heavy (non-hydrogen) atoms. The third-order valence-corrected chi connectivity index (χ3v) is 3.70. The van der Waals surface area contributed by atoms with Gasteiger partial charge in [0.25, 0.3) is 0 Å². The summed E-state index contributed by atoms with van der Waals surface area (Å²) < 4.78 is 31.6. The number of aliphatic hydroxyl groups is 1. The van der Waals surface area contributed by atoms with Crippen LogP contribution >= 0.6 is 0 Å². The van der Waals surface area contributed by atoms with Crippen molar-refractivity contribution in [1.82, 2.24) is 4.90 Å². The van der Waals surface area contributed by atoms with Crippen molar-refractivity contribution in [1.29, 1.82) is 0 Å². The summed E-state index contributed by atoms with van der Waals surface area (Å²) in [6.45, 7) is 5.94. The third kappa shape index (κ3) is 3.74. The summed E-state index contributed by atoms with van der Waals surface area (Å²) in [7, 11) is 0. The Morgan fingerprint density at radius 1 is 1.23 bits per heavy atom. The van der Waals surface area contributed by atoms with Gasteiger partial charge in [-0.25, -0.2) is 13.6 Å². The van der Waals surface area contributed by atoms with E-state index < -0.39 is 28.9 Å². The molecule has 1 heterocycles. The van der Waals surface area contributed by atoms with Gasteiger partial charge in [0.05, 0.1) is 5.60 Å². The van der Waals surface area contributed by atoms with Crippen LogP contribution in [-0.2, 0) is 10.3 Å². The van der Waals surface area contributed by atoms with Crippen molar-refractivity contribution in [2.75, 3.05) is 13.1 Å². The highest BCUT2D eigenvalue weighted by atomic mass is 19.2. The van der Waals surface area contributed by atoms with Crippen molar-refractivity contribution in [3.8, 4) is 0 Å². The van der Waals surface area contributed by atoms with Crippen LogP contribution < -0.4 is 0 Å². The first-order valence-electron chi connectivity index (χ1n) is 7.27. The van der Waals surface area contributed by atoms with Crippen LogP contribution in [0.2, 0.25) is 0 Å². The molecule has 122 valence electrons. The van der Waals surface area contributed by atoms with Gasteiger partial charge in [0, 0.05) is 13.1 Å². The Morgan fingerprint density at radius 2 is 1.82 bits per heavy atom. The number of piperidine rings is 1. The van der Waals surface area contributed by atoms with Crippen LogP contribution in [0, 0.1) is 11.6 Å². The Morgan fingerprint density at radius 3 is 2.32 bits per heavy atom. The van der Waals surface area contributed by atoms with E-state index in [-0.39, 0.29) is 12.8 Å². The highest BCUT2D eigenvalue weighted by Crippen LogP contribution is 2.33. The topological polar surface area (TPSA) is 49.8 Å². The van der Waals surface area contributed by atoms with Crippen LogP contribution in [0.1, 0.15) is 39.2 Å². The Labute approximate surface area is 128 Å². The van der Waals surface area contributed by atoms with Gasteiger partial charge in [-0.15, -0.1) is 0 Å². The Bertz CT molecular complexity index is 561. The van der Waals surface area contributed by atoms with E-state index in [2.05, 4.69) is 0 Å². The maximum Gasteiger partial charge on any atom is 0.410 e. The van der Waals surface area contributed by atoms with Crippen LogP contribution in [0.15, 0.2) is 18.2 Å². The number of hydrogen-bond donors (Lipinski definition) is 1. The van der Waals surface area contributed by atoms with E-state index in [0.29, 0.717) is 18.7 Å². The molecule has 1 saturated heterocycles. The van der Waals surface area contributed by atoms with Crippen molar-refractivity contribution in [2.45, 2.75) is 44.8 Å². The van der Waals surface area contributed by atoms with E-state index in [4.69, 9.17) is 4.74 Å². The molecular weight excluding hydrogens is 292 g/mol. The second kappa shape index (κ2) is 5.83. The molecule has 0 radical (unpaired) electrons. The molecule has 6 heteroatoms. The van der Waals surface area contributed by atoms with E-state index >= 15 is 0 Å². The highest BCUT2D eigenvalue weighted by molar-refractivity contribution is 5.68. The smallest absolute Gasteiger partial charge is 0.410 e. The number of ether oxygens (including phenoxy) is 1. The Hall–Kier alpha value is -1.69. The number of hydrogen-bond acceptors (Lipinski definition) is 3. The molecule has 1 aromatic rings. The summed E-state index contributed by atoms with van der Waals surface area (Å²) in [5.74, 6) is -1.93. The van der Waals surface area contributed by atoms with E-state index in [0.717, 1.165) is 12.1 Å². The molecule has 0 atom stereocenters. The number of amides is 1. The van der Waals surface area contributed by atoms with Gasteiger partial charge in [-0.3, -0.25) is 0 Å². The quantitative estimate of drug-likeness (QED) is 0.866. The van der Waals surface area contributed by atoms with Gasteiger partial charge < -0.3 is 14.7 Å². The van der Waals surface area contributed by atoms with Crippen LogP contribution in [0.3, 0.4) is 0 Å². The molecule has 0 unspecified atom stereocenters. The van der Waals surface area contributed by atoms with E-state index in [1.807, 2.05) is 0 Å². The molecule has 1 aliphatic heterocycles. The van der Waals surface area contributed by atoms with Gasteiger partial charge in [0.1, 0.15) is 5.60 Å². The summed E-state index contributed by atoms with van der Waals surface area (Å²) >= 11 is 0. The fraction of sp³-hybridized carbons (Fsp3) is 0.562. The standard InChI is InChI=1S/C16H21F2NO3/c1-15(2,3)22-14(20)19-8-6-16(21,7-9-19)11-4-5-12(17)13(18)10-11/h4-5,10,21H,6-9H2,1-3H3. The summed E-state index contributed by atoms with van der Waals surface area (Å²) in [5, 5.41) is 10.6. The van der Waals surface area contributed by atoms with Gasteiger partial charge in [-0.05, 0) is 51.3 Å². The molecule has 1 N–H and O–H groups in total. The molecule has 1 aromatic carbocycles. The predicted octanol–water partition coefficient (Wildman–Crippen LogP) is 3.18. The van der Waals surface area contributed by atoms with Gasteiger partial charge in [0.2, 0.25) is 0 Å². The highest BCUT2D eigenvalue weighted by Gasteiger charge is 2.37. The number of halogens is 2. The maximum absolute atomic E-state index is 13.3. The maximum atomic E-state index is 13.3. The predicted molar refractivity (Wildman–Crippen MR) is 77.3 cm³/mol. The second-order valence-corrected chi connectivity index (χ2v) is 6.63. The number of carbonyl (C=O) groups excluding carboxylic acids is 1. The third-order valence-electron chi connectivity index (χ3n) is 3.70. The lowest BCUT2D eigenvalue weighted by atomic mass is 9.84. The zero-order chi connectivity index (χ0) is 16.5. The first-order chi connectivity index (χ1) is 10.1. The van der Waals surface area contributed by atoms with Crippen molar-refractivity contribution < 1.29 is 23.4 Å². The van der Waals surface area contributed by atoms with E-state index in [1.165, 1.54) is 11.0 Å². The van der Waals surface area contributed by atoms with Gasteiger partial charge in [0.15, 0.2) is 11.6 Å². The molecule has 1 fully saturated rings. The lowest BCUT2D eigenvalue weighted by molar-refractivity contribution is -0.0358. The Kier molecular flexibility index (Phi) is 4.42. The van der Waals surface area contributed by atoms with Crippen LogP contribution in [0.5, 0.6) is 0 Å². The largest absolute Gasteiger partial charge is 0.444 e. The zero-order valence-electron chi connectivity index (χ0n) is 13.0. The number of likely N-dealkylation sites (tertiary alicyclic amines) is 1. The lowest BCUT2D eigenvalue weighted by Crippen LogP contribution is -2.46. The molecule has 0 aromatic heterocycles. The second-order valence-electron chi connectivity index (χ2n) is 6.63. The van der Waals surface area contributed by atoms with Crippen LogP contribution in [0.4, 0.5) is 13.6 Å². The summed E-state index contributed by atoms with van der Waals surface area (Å²) in [5.41, 5.74) is -1.51. The van der Waals surface area contributed by atoms with Gasteiger partial charge >= 0.3 is 6.09 Å². The molecule has 2 rings (SSSR count). The molecule has 1 aliphatic rings. The minimum absolute atomic E-state index is 0.247. The number of rotatable bonds is 1. The van der Waals surface area contributed by atoms with Gasteiger partial charge in [-0.1, -0.05) is 6.07 Å².